The Morgan fingerprint density at radius 3 is 2.96 bits per heavy atom. The maximum Gasteiger partial charge on any atom is 0.210 e. The van der Waals surface area contributed by atoms with Gasteiger partial charge in [-0.15, -0.1) is 0 Å². The highest BCUT2D eigenvalue weighted by atomic mass is 32.1. The van der Waals surface area contributed by atoms with Crippen molar-refractivity contribution in [3.63, 3.8) is 0 Å². The molecule has 3 aromatic rings. The molecule has 4 rings (SSSR count). The van der Waals surface area contributed by atoms with Crippen molar-refractivity contribution < 1.29 is 9.47 Å². The van der Waals surface area contributed by atoms with Crippen LogP contribution in [-0.2, 0) is 6.61 Å². The minimum atomic E-state index is 0.512. The van der Waals surface area contributed by atoms with Crippen LogP contribution in [0.2, 0.25) is 0 Å². The third-order valence-electron chi connectivity index (χ3n) is 3.52. The molecule has 0 spiro atoms. The second kappa shape index (κ2) is 5.81. The van der Waals surface area contributed by atoms with E-state index in [0.29, 0.717) is 6.61 Å². The fraction of sp³-hybridized carbons (Fsp3) is 0.118. The van der Waals surface area contributed by atoms with Crippen molar-refractivity contribution in [2.24, 2.45) is 4.99 Å². The van der Waals surface area contributed by atoms with Crippen LogP contribution >= 0.6 is 11.3 Å². The summed E-state index contributed by atoms with van der Waals surface area (Å²) < 4.78 is 11.0. The van der Waals surface area contributed by atoms with Crippen molar-refractivity contribution in [1.82, 2.24) is 9.97 Å². The minimum absolute atomic E-state index is 0.512. The second-order valence-corrected chi connectivity index (χ2v) is 6.02. The first-order valence-electron chi connectivity index (χ1n) is 7.08. The van der Waals surface area contributed by atoms with Crippen LogP contribution in [0.5, 0.6) is 11.5 Å². The van der Waals surface area contributed by atoms with Crippen LogP contribution in [0.1, 0.15) is 10.4 Å². The summed E-state index contributed by atoms with van der Waals surface area (Å²) in [5, 5.41) is 0.721. The SMILES string of the molecule is COc1ccc2c(c1)OCc1sc(N=Cc3ccncc3)nc1-2. The highest BCUT2D eigenvalue weighted by molar-refractivity contribution is 7.15. The molecule has 0 atom stereocenters. The van der Waals surface area contributed by atoms with Gasteiger partial charge in [0.15, 0.2) is 0 Å². The normalized spacial score (nSPS) is 12.6. The van der Waals surface area contributed by atoms with Crippen molar-refractivity contribution in [3.05, 3.63) is 53.2 Å². The van der Waals surface area contributed by atoms with Gasteiger partial charge in [-0.2, -0.15) is 0 Å². The molecule has 1 aliphatic rings. The Bertz CT molecular complexity index is 875. The number of thiazole rings is 1. The average molecular weight is 323 g/mol. The van der Waals surface area contributed by atoms with Gasteiger partial charge in [-0.05, 0) is 29.8 Å². The molecule has 1 aromatic carbocycles. The van der Waals surface area contributed by atoms with Crippen molar-refractivity contribution in [2.75, 3.05) is 7.11 Å². The largest absolute Gasteiger partial charge is 0.497 e. The number of fused-ring (bicyclic) bond motifs is 3. The van der Waals surface area contributed by atoms with Crippen molar-refractivity contribution in [2.45, 2.75) is 6.61 Å². The molecule has 5 nitrogen and oxygen atoms in total. The van der Waals surface area contributed by atoms with E-state index in [0.717, 1.165) is 38.3 Å². The number of aliphatic imine (C=N–C) groups is 1. The molecule has 23 heavy (non-hydrogen) atoms. The lowest BCUT2D eigenvalue weighted by atomic mass is 10.1. The van der Waals surface area contributed by atoms with Crippen LogP contribution < -0.4 is 9.47 Å². The maximum absolute atomic E-state index is 5.80. The monoisotopic (exact) mass is 323 g/mol. The minimum Gasteiger partial charge on any atom is -0.497 e. The van der Waals surface area contributed by atoms with Gasteiger partial charge in [0.25, 0.3) is 0 Å². The lowest BCUT2D eigenvalue weighted by Gasteiger charge is -2.16. The maximum atomic E-state index is 5.80. The summed E-state index contributed by atoms with van der Waals surface area (Å²) in [4.78, 5) is 14.2. The third-order valence-corrected chi connectivity index (χ3v) is 4.46. The molecule has 2 aromatic heterocycles. The zero-order valence-corrected chi connectivity index (χ0v) is 13.2. The molecule has 0 radical (unpaired) electrons. The van der Waals surface area contributed by atoms with Gasteiger partial charge in [-0.25, -0.2) is 9.98 Å². The molecule has 1 aliphatic heterocycles. The Hall–Kier alpha value is -2.73. The van der Waals surface area contributed by atoms with Crippen LogP contribution in [-0.4, -0.2) is 23.3 Å². The number of pyridine rings is 1. The summed E-state index contributed by atoms with van der Waals surface area (Å²) in [6.07, 6.45) is 5.28. The molecule has 0 N–H and O–H groups in total. The Balaban J connectivity index is 1.67. The summed E-state index contributed by atoms with van der Waals surface area (Å²) in [7, 11) is 1.64. The Labute approximate surface area is 137 Å². The van der Waals surface area contributed by atoms with E-state index >= 15 is 0 Å². The third kappa shape index (κ3) is 2.68. The van der Waals surface area contributed by atoms with E-state index in [4.69, 9.17) is 9.47 Å². The van der Waals surface area contributed by atoms with E-state index in [1.54, 1.807) is 37.1 Å². The lowest BCUT2D eigenvalue weighted by Crippen LogP contribution is -2.03. The number of rotatable bonds is 3. The quantitative estimate of drug-likeness (QED) is 0.687. The van der Waals surface area contributed by atoms with E-state index in [-0.39, 0.29) is 0 Å². The number of ether oxygens (including phenoxy) is 2. The summed E-state index contributed by atoms with van der Waals surface area (Å²) in [5.41, 5.74) is 2.92. The van der Waals surface area contributed by atoms with E-state index in [1.807, 2.05) is 30.3 Å². The molecule has 0 saturated carbocycles. The first kappa shape index (κ1) is 13.9. The van der Waals surface area contributed by atoms with Gasteiger partial charge < -0.3 is 9.47 Å². The zero-order chi connectivity index (χ0) is 15.6. The molecule has 0 amide bonds. The summed E-state index contributed by atoms with van der Waals surface area (Å²) in [6.45, 7) is 0.512. The van der Waals surface area contributed by atoms with Gasteiger partial charge in [0, 0.05) is 30.2 Å². The van der Waals surface area contributed by atoms with Crippen LogP contribution in [0.25, 0.3) is 11.3 Å². The Morgan fingerprint density at radius 1 is 1.26 bits per heavy atom. The molecule has 0 fully saturated rings. The number of nitrogens with zero attached hydrogens (tertiary/aromatic N) is 3. The number of methoxy groups -OCH3 is 1. The topological polar surface area (TPSA) is 56.6 Å². The fourth-order valence-corrected chi connectivity index (χ4v) is 3.20. The molecule has 0 saturated heterocycles. The highest BCUT2D eigenvalue weighted by Crippen LogP contribution is 2.42. The first-order valence-corrected chi connectivity index (χ1v) is 7.90. The number of hydrogen-bond acceptors (Lipinski definition) is 6. The van der Waals surface area contributed by atoms with Crippen molar-refractivity contribution in [3.8, 4) is 22.8 Å². The number of hydrogen-bond donors (Lipinski definition) is 0. The van der Waals surface area contributed by atoms with Crippen molar-refractivity contribution >= 4 is 22.7 Å². The summed E-state index contributed by atoms with van der Waals surface area (Å²) in [5.74, 6) is 1.57. The second-order valence-electron chi connectivity index (χ2n) is 4.96. The predicted octanol–water partition coefficient (Wildman–Crippen LogP) is 3.86. The van der Waals surface area contributed by atoms with E-state index in [9.17, 15) is 0 Å². The van der Waals surface area contributed by atoms with E-state index < -0.39 is 0 Å². The fourth-order valence-electron chi connectivity index (χ4n) is 2.37. The molecule has 114 valence electrons. The molecular weight excluding hydrogens is 310 g/mol. The van der Waals surface area contributed by atoms with Gasteiger partial charge in [-0.3, -0.25) is 4.98 Å². The summed E-state index contributed by atoms with van der Waals surface area (Å²) in [6, 6.07) is 9.58. The van der Waals surface area contributed by atoms with E-state index in [2.05, 4.69) is 15.0 Å². The standard InChI is InChI=1S/C17H13N3O2S/c1-21-12-2-3-13-14(8-12)22-10-15-16(13)20-17(23-15)19-9-11-4-6-18-7-5-11/h2-9H,10H2,1H3. The Morgan fingerprint density at radius 2 is 2.13 bits per heavy atom. The van der Waals surface area contributed by atoms with Gasteiger partial charge in [0.2, 0.25) is 5.13 Å². The van der Waals surface area contributed by atoms with Crippen LogP contribution in [0.4, 0.5) is 5.13 Å². The molecule has 0 unspecified atom stereocenters. The van der Waals surface area contributed by atoms with Gasteiger partial charge in [-0.1, -0.05) is 11.3 Å². The van der Waals surface area contributed by atoms with E-state index in [1.165, 1.54) is 0 Å². The van der Waals surface area contributed by atoms with Crippen molar-refractivity contribution in [1.29, 1.82) is 0 Å². The zero-order valence-electron chi connectivity index (χ0n) is 12.4. The van der Waals surface area contributed by atoms with Crippen LogP contribution in [0.3, 0.4) is 0 Å². The molecule has 6 heteroatoms. The molecule has 0 bridgehead atoms. The molecule has 0 aliphatic carbocycles. The predicted molar refractivity (Wildman–Crippen MR) is 89.9 cm³/mol. The first-order chi connectivity index (χ1) is 11.3. The summed E-state index contributed by atoms with van der Waals surface area (Å²) >= 11 is 1.55. The number of aromatic nitrogens is 2. The highest BCUT2D eigenvalue weighted by Gasteiger charge is 2.22. The number of benzene rings is 1. The lowest BCUT2D eigenvalue weighted by molar-refractivity contribution is 0.303. The van der Waals surface area contributed by atoms with Crippen LogP contribution in [0, 0.1) is 0 Å². The average Bonchev–Trinajstić information content (AvgIpc) is 3.04. The molecule has 3 heterocycles. The van der Waals surface area contributed by atoms with Gasteiger partial charge >= 0.3 is 0 Å². The Kier molecular flexibility index (Phi) is 3.51. The van der Waals surface area contributed by atoms with Crippen LogP contribution in [0.15, 0.2) is 47.7 Å². The van der Waals surface area contributed by atoms with Gasteiger partial charge in [0.1, 0.15) is 18.1 Å². The van der Waals surface area contributed by atoms with Gasteiger partial charge in [0.05, 0.1) is 17.7 Å². The smallest absolute Gasteiger partial charge is 0.210 e. The molecular formula is C17H13N3O2S.